The second-order valence-corrected chi connectivity index (χ2v) is 7.32. The van der Waals surface area contributed by atoms with Crippen molar-refractivity contribution in [3.05, 3.63) is 53.6 Å². The van der Waals surface area contributed by atoms with Gasteiger partial charge < -0.3 is 10.6 Å². The zero-order chi connectivity index (χ0) is 16.6. The van der Waals surface area contributed by atoms with Gasteiger partial charge in [-0.2, -0.15) is 0 Å². The number of aryl methyl sites for hydroxylation is 2. The van der Waals surface area contributed by atoms with E-state index in [0.29, 0.717) is 0 Å². The van der Waals surface area contributed by atoms with Crippen LogP contribution in [0.25, 0.3) is 0 Å². The first-order valence-corrected chi connectivity index (χ1v) is 8.20. The van der Waals surface area contributed by atoms with Crippen molar-refractivity contribution >= 4 is 35.0 Å². The first-order chi connectivity index (χ1) is 10.9. The monoisotopic (exact) mass is 326 g/mol. The van der Waals surface area contributed by atoms with Crippen LogP contribution in [-0.4, -0.2) is 16.6 Å². The minimum absolute atomic E-state index is 0.302. The second kappa shape index (κ2) is 5.74. The molecule has 1 heterocycles. The van der Waals surface area contributed by atoms with E-state index in [4.69, 9.17) is 0 Å². The number of thioether (sulfide) groups is 1. The molecule has 118 valence electrons. The van der Waals surface area contributed by atoms with E-state index in [1.165, 1.54) is 11.8 Å². The molecular formula is C18H18N2O2S. The smallest absolute Gasteiger partial charge is 0.250 e. The van der Waals surface area contributed by atoms with Crippen LogP contribution < -0.4 is 10.6 Å². The number of anilines is 2. The molecule has 0 radical (unpaired) electrons. The highest BCUT2D eigenvalue weighted by atomic mass is 32.2. The van der Waals surface area contributed by atoms with E-state index in [0.717, 1.165) is 27.4 Å². The van der Waals surface area contributed by atoms with Crippen LogP contribution in [0.3, 0.4) is 0 Å². The summed E-state index contributed by atoms with van der Waals surface area (Å²) in [4.78, 5) is 26.1. The maximum Gasteiger partial charge on any atom is 0.250 e. The average Bonchev–Trinajstić information content (AvgIpc) is 2.52. The Bertz CT molecular complexity index is 803. The van der Waals surface area contributed by atoms with Gasteiger partial charge in [-0.1, -0.05) is 36.0 Å². The van der Waals surface area contributed by atoms with Crippen molar-refractivity contribution in [1.82, 2.24) is 0 Å². The van der Waals surface area contributed by atoms with Gasteiger partial charge in [0, 0.05) is 10.6 Å². The van der Waals surface area contributed by atoms with Crippen LogP contribution >= 0.6 is 11.8 Å². The van der Waals surface area contributed by atoms with Crippen molar-refractivity contribution in [3.63, 3.8) is 0 Å². The van der Waals surface area contributed by atoms with E-state index in [2.05, 4.69) is 10.6 Å². The van der Waals surface area contributed by atoms with Gasteiger partial charge in [0.2, 0.25) is 11.8 Å². The van der Waals surface area contributed by atoms with Crippen LogP contribution in [0.1, 0.15) is 18.1 Å². The SMILES string of the molecule is Cc1ccc(C)c(NC(=O)C2(C)Sc3ccccc3NC2=O)c1. The highest BCUT2D eigenvalue weighted by molar-refractivity contribution is 8.02. The summed E-state index contributed by atoms with van der Waals surface area (Å²) in [5, 5.41) is 5.72. The molecule has 0 spiro atoms. The van der Waals surface area contributed by atoms with Crippen LogP contribution in [0.4, 0.5) is 11.4 Å². The molecule has 1 aliphatic rings. The van der Waals surface area contributed by atoms with Crippen molar-refractivity contribution in [1.29, 1.82) is 0 Å². The third-order valence-electron chi connectivity index (χ3n) is 3.96. The van der Waals surface area contributed by atoms with Gasteiger partial charge in [0.15, 0.2) is 4.75 Å². The summed E-state index contributed by atoms with van der Waals surface area (Å²) in [5.41, 5.74) is 3.51. The number of fused-ring (bicyclic) bond motifs is 1. The highest BCUT2D eigenvalue weighted by Crippen LogP contribution is 2.42. The normalized spacial score (nSPS) is 19.7. The number of amides is 2. The van der Waals surface area contributed by atoms with Gasteiger partial charge >= 0.3 is 0 Å². The first kappa shape index (κ1) is 15.6. The van der Waals surface area contributed by atoms with Gasteiger partial charge in [-0.25, -0.2) is 0 Å². The molecule has 1 unspecified atom stereocenters. The third kappa shape index (κ3) is 2.84. The summed E-state index contributed by atoms with van der Waals surface area (Å²) in [7, 11) is 0. The fourth-order valence-electron chi connectivity index (χ4n) is 2.43. The van der Waals surface area contributed by atoms with Crippen molar-refractivity contribution in [2.75, 3.05) is 10.6 Å². The predicted molar refractivity (Wildman–Crippen MR) is 93.9 cm³/mol. The molecule has 4 nitrogen and oxygen atoms in total. The summed E-state index contributed by atoms with van der Waals surface area (Å²) >= 11 is 1.28. The lowest BCUT2D eigenvalue weighted by atomic mass is 10.1. The van der Waals surface area contributed by atoms with E-state index in [-0.39, 0.29) is 11.8 Å². The average molecular weight is 326 g/mol. The minimum Gasteiger partial charge on any atom is -0.324 e. The number of para-hydroxylation sites is 1. The largest absolute Gasteiger partial charge is 0.324 e. The number of carbonyl (C=O) groups is 2. The zero-order valence-electron chi connectivity index (χ0n) is 13.3. The minimum atomic E-state index is -1.20. The Morgan fingerprint density at radius 3 is 2.70 bits per heavy atom. The second-order valence-electron chi connectivity index (χ2n) is 5.86. The molecule has 5 heteroatoms. The van der Waals surface area contributed by atoms with Crippen molar-refractivity contribution in [3.8, 4) is 0 Å². The molecule has 2 amide bonds. The van der Waals surface area contributed by atoms with E-state index >= 15 is 0 Å². The maximum absolute atomic E-state index is 12.8. The van der Waals surface area contributed by atoms with Crippen LogP contribution in [0.15, 0.2) is 47.4 Å². The molecule has 0 saturated heterocycles. The molecule has 2 aromatic rings. The Kier molecular flexibility index (Phi) is 3.90. The summed E-state index contributed by atoms with van der Waals surface area (Å²) < 4.78 is -1.20. The van der Waals surface area contributed by atoms with Crippen LogP contribution in [0.5, 0.6) is 0 Å². The molecule has 1 aliphatic heterocycles. The first-order valence-electron chi connectivity index (χ1n) is 7.38. The van der Waals surface area contributed by atoms with Gasteiger partial charge in [0.1, 0.15) is 0 Å². The van der Waals surface area contributed by atoms with Gasteiger partial charge in [-0.15, -0.1) is 0 Å². The molecule has 3 rings (SSSR count). The highest BCUT2D eigenvalue weighted by Gasteiger charge is 2.45. The lowest BCUT2D eigenvalue weighted by Gasteiger charge is -2.32. The third-order valence-corrected chi connectivity index (χ3v) is 5.31. The van der Waals surface area contributed by atoms with Crippen LogP contribution in [0, 0.1) is 13.8 Å². The quantitative estimate of drug-likeness (QED) is 0.827. The number of hydrogen-bond acceptors (Lipinski definition) is 3. The fourth-order valence-corrected chi connectivity index (χ4v) is 3.53. The Labute approximate surface area is 139 Å². The van der Waals surface area contributed by atoms with Gasteiger partial charge in [0.25, 0.3) is 0 Å². The lowest BCUT2D eigenvalue weighted by molar-refractivity contribution is -0.126. The van der Waals surface area contributed by atoms with E-state index in [1.807, 2.05) is 56.3 Å². The Morgan fingerprint density at radius 1 is 1.17 bits per heavy atom. The molecule has 0 aliphatic carbocycles. The summed E-state index contributed by atoms with van der Waals surface area (Å²) in [6.45, 7) is 5.55. The number of benzene rings is 2. The molecule has 1 atom stereocenters. The number of carbonyl (C=O) groups excluding carboxylic acids is 2. The standard InChI is InChI=1S/C18H18N2O2S/c1-11-8-9-12(2)14(10-11)20-17(22)18(3)16(21)19-13-6-4-5-7-15(13)23-18/h4-10H,1-3H3,(H,19,21)(H,20,22). The summed E-state index contributed by atoms with van der Waals surface area (Å²) in [6.07, 6.45) is 0. The molecule has 0 saturated carbocycles. The Morgan fingerprint density at radius 2 is 1.91 bits per heavy atom. The lowest BCUT2D eigenvalue weighted by Crippen LogP contribution is -2.49. The molecule has 0 fully saturated rings. The van der Waals surface area contributed by atoms with Crippen molar-refractivity contribution in [2.45, 2.75) is 30.4 Å². The van der Waals surface area contributed by atoms with Gasteiger partial charge in [-0.3, -0.25) is 9.59 Å². The van der Waals surface area contributed by atoms with Gasteiger partial charge in [0.05, 0.1) is 5.69 Å². The Hall–Kier alpha value is -2.27. The predicted octanol–water partition coefficient (Wildman–Crippen LogP) is 3.75. The number of hydrogen-bond donors (Lipinski definition) is 2. The molecule has 0 aromatic heterocycles. The van der Waals surface area contributed by atoms with Crippen molar-refractivity contribution < 1.29 is 9.59 Å². The summed E-state index contributed by atoms with van der Waals surface area (Å²) in [6, 6.07) is 13.4. The molecular weight excluding hydrogens is 308 g/mol. The van der Waals surface area contributed by atoms with Crippen molar-refractivity contribution in [2.24, 2.45) is 0 Å². The zero-order valence-corrected chi connectivity index (χ0v) is 14.1. The summed E-state index contributed by atoms with van der Waals surface area (Å²) in [5.74, 6) is -0.618. The van der Waals surface area contributed by atoms with Crippen LogP contribution in [0.2, 0.25) is 0 Å². The number of rotatable bonds is 2. The molecule has 23 heavy (non-hydrogen) atoms. The van der Waals surface area contributed by atoms with E-state index in [1.54, 1.807) is 6.92 Å². The molecule has 0 bridgehead atoms. The Balaban J connectivity index is 1.89. The molecule has 2 N–H and O–H groups in total. The molecule has 2 aromatic carbocycles. The topological polar surface area (TPSA) is 58.2 Å². The van der Waals surface area contributed by atoms with E-state index < -0.39 is 4.75 Å². The van der Waals surface area contributed by atoms with Gasteiger partial charge in [-0.05, 0) is 50.1 Å². The van der Waals surface area contributed by atoms with Crippen LogP contribution in [-0.2, 0) is 9.59 Å². The van der Waals surface area contributed by atoms with E-state index in [9.17, 15) is 9.59 Å². The maximum atomic E-state index is 12.8. The number of nitrogens with one attached hydrogen (secondary N) is 2. The fraction of sp³-hybridized carbons (Fsp3) is 0.222.